The van der Waals surface area contributed by atoms with Crippen LogP contribution < -0.4 is 5.32 Å². The fraction of sp³-hybridized carbons (Fsp3) is 0.375. The third-order valence-electron chi connectivity index (χ3n) is 2.79. The number of aliphatic carboxylic acids is 1. The highest BCUT2D eigenvalue weighted by Gasteiger charge is 2.19. The first-order valence-electron chi connectivity index (χ1n) is 6.66. The van der Waals surface area contributed by atoms with Gasteiger partial charge in [-0.2, -0.15) is 0 Å². The lowest BCUT2D eigenvalue weighted by Crippen LogP contribution is -2.40. The molecule has 1 rings (SSSR count). The molecule has 0 aromatic heterocycles. The highest BCUT2D eigenvalue weighted by molar-refractivity contribution is 5.94. The first-order chi connectivity index (χ1) is 9.38. The molecule has 0 saturated heterocycles. The number of rotatable bonds is 6. The van der Waals surface area contributed by atoms with Crippen LogP contribution in [0.15, 0.2) is 30.3 Å². The summed E-state index contributed by atoms with van der Waals surface area (Å²) in [7, 11) is 0. The van der Waals surface area contributed by atoms with Crippen LogP contribution in [0.3, 0.4) is 0 Å². The van der Waals surface area contributed by atoms with Gasteiger partial charge in [-0.05, 0) is 30.9 Å². The third kappa shape index (κ3) is 5.69. The molecule has 20 heavy (non-hydrogen) atoms. The molecule has 1 unspecified atom stereocenters. The average Bonchev–Trinajstić information content (AvgIpc) is 2.35. The number of aryl methyl sites for hydroxylation is 1. The van der Waals surface area contributed by atoms with Gasteiger partial charge in [-0.1, -0.05) is 43.7 Å². The maximum absolute atomic E-state index is 11.7. The zero-order valence-corrected chi connectivity index (χ0v) is 12.1. The van der Waals surface area contributed by atoms with E-state index in [0.29, 0.717) is 6.42 Å². The van der Waals surface area contributed by atoms with Crippen molar-refractivity contribution in [2.75, 3.05) is 0 Å². The molecule has 0 spiro atoms. The largest absolute Gasteiger partial charge is 0.480 e. The van der Waals surface area contributed by atoms with Gasteiger partial charge in [-0.15, -0.1) is 0 Å². The van der Waals surface area contributed by atoms with Crippen LogP contribution in [0.5, 0.6) is 0 Å². The van der Waals surface area contributed by atoms with E-state index in [1.165, 1.54) is 6.08 Å². The van der Waals surface area contributed by atoms with E-state index in [2.05, 4.69) is 5.32 Å². The van der Waals surface area contributed by atoms with Gasteiger partial charge < -0.3 is 10.4 Å². The number of amides is 1. The Bertz CT molecular complexity index is 506. The van der Waals surface area contributed by atoms with Crippen molar-refractivity contribution < 1.29 is 14.7 Å². The van der Waals surface area contributed by atoms with E-state index in [0.717, 1.165) is 11.1 Å². The summed E-state index contributed by atoms with van der Waals surface area (Å²) in [5.74, 6) is -1.19. The number of benzene rings is 1. The molecule has 0 bridgehead atoms. The van der Waals surface area contributed by atoms with Crippen LogP contribution in [0.25, 0.3) is 6.08 Å². The lowest BCUT2D eigenvalue weighted by atomic mass is 10.0. The van der Waals surface area contributed by atoms with Crippen molar-refractivity contribution >= 4 is 18.0 Å². The molecular weight excluding hydrogens is 254 g/mol. The van der Waals surface area contributed by atoms with Gasteiger partial charge in [0, 0.05) is 6.08 Å². The SMILES string of the molecule is Cc1cccc(/C=C/C(=O)NC(CC(C)C)C(=O)O)c1. The van der Waals surface area contributed by atoms with E-state index in [-0.39, 0.29) is 11.8 Å². The molecule has 1 aromatic carbocycles. The van der Waals surface area contributed by atoms with E-state index in [1.54, 1.807) is 6.08 Å². The smallest absolute Gasteiger partial charge is 0.326 e. The molecule has 1 aromatic rings. The van der Waals surface area contributed by atoms with E-state index >= 15 is 0 Å². The topological polar surface area (TPSA) is 66.4 Å². The summed E-state index contributed by atoms with van der Waals surface area (Å²) < 4.78 is 0. The Kier molecular flexibility index (Phi) is 5.97. The van der Waals surface area contributed by atoms with Crippen LogP contribution in [0, 0.1) is 12.8 Å². The Labute approximate surface area is 119 Å². The minimum Gasteiger partial charge on any atom is -0.480 e. The quantitative estimate of drug-likeness (QED) is 0.784. The van der Waals surface area contributed by atoms with Crippen molar-refractivity contribution in [2.45, 2.75) is 33.2 Å². The second-order valence-electron chi connectivity index (χ2n) is 5.28. The molecule has 0 aliphatic rings. The van der Waals surface area contributed by atoms with Crippen molar-refractivity contribution in [2.24, 2.45) is 5.92 Å². The van der Waals surface area contributed by atoms with Crippen LogP contribution in [0.2, 0.25) is 0 Å². The molecule has 0 fully saturated rings. The highest BCUT2D eigenvalue weighted by atomic mass is 16.4. The summed E-state index contributed by atoms with van der Waals surface area (Å²) in [5, 5.41) is 11.6. The molecule has 2 N–H and O–H groups in total. The lowest BCUT2D eigenvalue weighted by Gasteiger charge is -2.15. The normalized spacial score (nSPS) is 12.6. The van der Waals surface area contributed by atoms with Crippen molar-refractivity contribution in [3.05, 3.63) is 41.5 Å². The summed E-state index contributed by atoms with van der Waals surface area (Å²) in [5.41, 5.74) is 2.02. The molecule has 0 aliphatic carbocycles. The van der Waals surface area contributed by atoms with Gasteiger partial charge >= 0.3 is 5.97 Å². The predicted molar refractivity (Wildman–Crippen MR) is 79.2 cm³/mol. The van der Waals surface area contributed by atoms with Crippen molar-refractivity contribution in [3.63, 3.8) is 0 Å². The number of carboxylic acid groups (broad SMARTS) is 1. The Morgan fingerprint density at radius 1 is 1.35 bits per heavy atom. The molecule has 0 aliphatic heterocycles. The van der Waals surface area contributed by atoms with Crippen LogP contribution in [-0.4, -0.2) is 23.0 Å². The van der Waals surface area contributed by atoms with Gasteiger partial charge in [-0.25, -0.2) is 4.79 Å². The molecule has 4 nitrogen and oxygen atoms in total. The average molecular weight is 275 g/mol. The second kappa shape index (κ2) is 7.48. The molecule has 0 heterocycles. The molecule has 0 saturated carbocycles. The summed E-state index contributed by atoms with van der Waals surface area (Å²) in [6.07, 6.45) is 3.46. The number of carbonyl (C=O) groups excluding carboxylic acids is 1. The fourth-order valence-corrected chi connectivity index (χ4v) is 1.86. The fourth-order valence-electron chi connectivity index (χ4n) is 1.86. The van der Waals surface area contributed by atoms with Crippen molar-refractivity contribution in [1.82, 2.24) is 5.32 Å². The first-order valence-corrected chi connectivity index (χ1v) is 6.66. The number of carbonyl (C=O) groups is 2. The number of nitrogens with one attached hydrogen (secondary N) is 1. The Hall–Kier alpha value is -2.10. The van der Waals surface area contributed by atoms with Crippen LogP contribution in [0.4, 0.5) is 0 Å². The second-order valence-corrected chi connectivity index (χ2v) is 5.28. The minimum atomic E-state index is -1.00. The highest BCUT2D eigenvalue weighted by Crippen LogP contribution is 2.07. The lowest BCUT2D eigenvalue weighted by molar-refractivity contribution is -0.141. The maximum atomic E-state index is 11.7. The van der Waals surface area contributed by atoms with Gasteiger partial charge in [0.1, 0.15) is 6.04 Å². The maximum Gasteiger partial charge on any atom is 0.326 e. The van der Waals surface area contributed by atoms with Crippen LogP contribution in [0.1, 0.15) is 31.4 Å². The molecule has 1 amide bonds. The molecule has 1 atom stereocenters. The summed E-state index contributed by atoms with van der Waals surface area (Å²) in [4.78, 5) is 22.8. The van der Waals surface area contributed by atoms with Crippen molar-refractivity contribution in [3.8, 4) is 0 Å². The Balaban J connectivity index is 2.63. The molecule has 108 valence electrons. The Morgan fingerprint density at radius 3 is 2.60 bits per heavy atom. The van der Waals surface area contributed by atoms with E-state index in [9.17, 15) is 9.59 Å². The molecular formula is C16H21NO3. The summed E-state index contributed by atoms with van der Waals surface area (Å²) in [6.45, 7) is 5.82. The van der Waals surface area contributed by atoms with Crippen LogP contribution in [-0.2, 0) is 9.59 Å². The molecule has 4 heteroatoms. The number of carboxylic acids is 1. The number of hydrogen-bond acceptors (Lipinski definition) is 2. The van der Waals surface area contributed by atoms with Gasteiger partial charge in [-0.3, -0.25) is 4.79 Å². The third-order valence-corrected chi connectivity index (χ3v) is 2.79. The predicted octanol–water partition coefficient (Wildman–Crippen LogP) is 2.62. The molecule has 0 radical (unpaired) electrons. The first kappa shape index (κ1) is 16.0. The van der Waals surface area contributed by atoms with Crippen molar-refractivity contribution in [1.29, 1.82) is 0 Å². The zero-order chi connectivity index (χ0) is 15.1. The van der Waals surface area contributed by atoms with E-state index < -0.39 is 12.0 Å². The number of hydrogen-bond donors (Lipinski definition) is 2. The zero-order valence-electron chi connectivity index (χ0n) is 12.1. The van der Waals surface area contributed by atoms with Gasteiger partial charge in [0.2, 0.25) is 5.91 Å². The summed E-state index contributed by atoms with van der Waals surface area (Å²) in [6, 6.07) is 6.88. The minimum absolute atomic E-state index is 0.206. The van der Waals surface area contributed by atoms with Gasteiger partial charge in [0.25, 0.3) is 0 Å². The standard InChI is InChI=1S/C16H21NO3/c1-11(2)9-14(16(19)20)17-15(18)8-7-13-6-4-5-12(3)10-13/h4-8,10-11,14H,9H2,1-3H3,(H,17,18)(H,19,20)/b8-7+. The van der Waals surface area contributed by atoms with Gasteiger partial charge in [0.15, 0.2) is 0 Å². The van der Waals surface area contributed by atoms with E-state index in [4.69, 9.17) is 5.11 Å². The van der Waals surface area contributed by atoms with E-state index in [1.807, 2.05) is 45.0 Å². The summed E-state index contributed by atoms with van der Waals surface area (Å²) >= 11 is 0. The monoisotopic (exact) mass is 275 g/mol. The van der Waals surface area contributed by atoms with Crippen LogP contribution >= 0.6 is 0 Å². The van der Waals surface area contributed by atoms with Gasteiger partial charge in [0.05, 0.1) is 0 Å². The Morgan fingerprint density at radius 2 is 2.05 bits per heavy atom.